The topological polar surface area (TPSA) is 12.0 Å². The highest BCUT2D eigenvalue weighted by atomic mass is 79.9. The standard InChI is InChI=1S/C13H20BrNS/c1-3-7-15-12(13(2)5-6-13)9-11-10(14)4-8-16-11/h4,8,12,15H,3,5-7,9H2,1-2H3. The van der Waals surface area contributed by atoms with Gasteiger partial charge in [0.1, 0.15) is 0 Å². The number of nitrogens with one attached hydrogen (secondary N) is 1. The van der Waals surface area contributed by atoms with Gasteiger partial charge in [-0.1, -0.05) is 13.8 Å². The van der Waals surface area contributed by atoms with E-state index in [4.69, 9.17) is 0 Å². The number of hydrogen-bond acceptors (Lipinski definition) is 2. The third-order valence-corrected chi connectivity index (χ3v) is 5.55. The summed E-state index contributed by atoms with van der Waals surface area (Å²) in [7, 11) is 0. The summed E-state index contributed by atoms with van der Waals surface area (Å²) < 4.78 is 1.28. The second-order valence-electron chi connectivity index (χ2n) is 5.06. The molecular formula is C13H20BrNS. The molecule has 0 spiro atoms. The summed E-state index contributed by atoms with van der Waals surface area (Å²) in [4.78, 5) is 1.49. The van der Waals surface area contributed by atoms with Crippen molar-refractivity contribution < 1.29 is 0 Å². The summed E-state index contributed by atoms with van der Waals surface area (Å²) in [5.41, 5.74) is 0.554. The highest BCUT2D eigenvalue weighted by Crippen LogP contribution is 2.49. The highest BCUT2D eigenvalue weighted by molar-refractivity contribution is 9.10. The van der Waals surface area contributed by atoms with Crippen LogP contribution >= 0.6 is 27.3 Å². The van der Waals surface area contributed by atoms with Gasteiger partial charge < -0.3 is 5.32 Å². The summed E-state index contributed by atoms with van der Waals surface area (Å²) in [6, 6.07) is 2.81. The van der Waals surface area contributed by atoms with E-state index in [0.29, 0.717) is 11.5 Å². The summed E-state index contributed by atoms with van der Waals surface area (Å²) >= 11 is 5.50. The highest BCUT2D eigenvalue weighted by Gasteiger charge is 2.44. The molecular weight excluding hydrogens is 282 g/mol. The van der Waals surface area contributed by atoms with Crippen molar-refractivity contribution in [2.24, 2.45) is 5.41 Å². The van der Waals surface area contributed by atoms with Crippen LogP contribution in [0, 0.1) is 5.41 Å². The Morgan fingerprint density at radius 2 is 2.31 bits per heavy atom. The molecule has 1 aliphatic rings. The minimum atomic E-state index is 0.554. The minimum absolute atomic E-state index is 0.554. The van der Waals surface area contributed by atoms with E-state index in [1.807, 2.05) is 11.3 Å². The Bertz CT molecular complexity index is 343. The number of halogens is 1. The zero-order valence-electron chi connectivity index (χ0n) is 10.1. The monoisotopic (exact) mass is 301 g/mol. The van der Waals surface area contributed by atoms with Crippen LogP contribution in [-0.4, -0.2) is 12.6 Å². The van der Waals surface area contributed by atoms with Crippen molar-refractivity contribution in [1.82, 2.24) is 5.32 Å². The van der Waals surface area contributed by atoms with Crippen molar-refractivity contribution in [3.05, 3.63) is 20.8 Å². The molecule has 1 nitrogen and oxygen atoms in total. The van der Waals surface area contributed by atoms with Gasteiger partial charge in [-0.2, -0.15) is 0 Å². The summed E-state index contributed by atoms with van der Waals surface area (Å²) in [6.07, 6.45) is 5.17. The molecule has 3 heteroatoms. The molecule has 1 aromatic heterocycles. The number of hydrogen-bond donors (Lipinski definition) is 1. The van der Waals surface area contributed by atoms with Crippen molar-refractivity contribution in [3.63, 3.8) is 0 Å². The van der Waals surface area contributed by atoms with Crippen molar-refractivity contribution in [2.75, 3.05) is 6.54 Å². The van der Waals surface area contributed by atoms with Crippen LogP contribution in [0.5, 0.6) is 0 Å². The van der Waals surface area contributed by atoms with Crippen LogP contribution in [0.4, 0.5) is 0 Å². The maximum Gasteiger partial charge on any atom is 0.0314 e. The predicted molar refractivity (Wildman–Crippen MR) is 75.1 cm³/mol. The molecule has 1 atom stereocenters. The van der Waals surface area contributed by atoms with Crippen LogP contribution in [0.15, 0.2) is 15.9 Å². The molecule has 1 unspecified atom stereocenters. The largest absolute Gasteiger partial charge is 0.313 e. The van der Waals surface area contributed by atoms with Gasteiger partial charge in [0, 0.05) is 15.4 Å². The average Bonchev–Trinajstić information content (AvgIpc) is 2.88. The Hall–Kier alpha value is 0.140. The lowest BCUT2D eigenvalue weighted by molar-refractivity contribution is 0.355. The molecule has 1 fully saturated rings. The molecule has 0 saturated heterocycles. The molecule has 0 aromatic carbocycles. The fourth-order valence-corrected chi connectivity index (χ4v) is 3.65. The molecule has 1 heterocycles. The molecule has 0 radical (unpaired) electrons. The van der Waals surface area contributed by atoms with Gasteiger partial charge in [0.2, 0.25) is 0 Å². The second kappa shape index (κ2) is 5.19. The Morgan fingerprint density at radius 3 is 2.81 bits per heavy atom. The van der Waals surface area contributed by atoms with E-state index in [1.165, 1.54) is 35.0 Å². The Morgan fingerprint density at radius 1 is 1.56 bits per heavy atom. The van der Waals surface area contributed by atoms with Gasteiger partial charge in [-0.05, 0) is 65.0 Å². The molecule has 0 bridgehead atoms. The van der Waals surface area contributed by atoms with Crippen molar-refractivity contribution in [1.29, 1.82) is 0 Å². The molecule has 0 amide bonds. The van der Waals surface area contributed by atoms with Gasteiger partial charge in [-0.3, -0.25) is 0 Å². The van der Waals surface area contributed by atoms with E-state index in [9.17, 15) is 0 Å². The lowest BCUT2D eigenvalue weighted by atomic mass is 9.95. The molecule has 90 valence electrons. The van der Waals surface area contributed by atoms with Crippen molar-refractivity contribution in [3.8, 4) is 0 Å². The van der Waals surface area contributed by atoms with Gasteiger partial charge in [-0.15, -0.1) is 11.3 Å². The smallest absolute Gasteiger partial charge is 0.0314 e. The van der Waals surface area contributed by atoms with Crippen LogP contribution in [0.1, 0.15) is 38.0 Å². The van der Waals surface area contributed by atoms with E-state index in [-0.39, 0.29) is 0 Å². The molecule has 0 aliphatic heterocycles. The quantitative estimate of drug-likeness (QED) is 0.829. The van der Waals surface area contributed by atoms with Crippen LogP contribution in [0.2, 0.25) is 0 Å². The van der Waals surface area contributed by atoms with Crippen LogP contribution < -0.4 is 5.32 Å². The molecule has 1 aromatic rings. The van der Waals surface area contributed by atoms with Crippen molar-refractivity contribution >= 4 is 27.3 Å². The van der Waals surface area contributed by atoms with E-state index in [0.717, 1.165) is 6.54 Å². The van der Waals surface area contributed by atoms with Crippen molar-refractivity contribution in [2.45, 2.75) is 45.6 Å². The van der Waals surface area contributed by atoms with Gasteiger partial charge in [0.05, 0.1) is 0 Å². The number of rotatable bonds is 6. The normalized spacial score (nSPS) is 19.7. The molecule has 2 rings (SSSR count). The first kappa shape index (κ1) is 12.6. The first-order valence-electron chi connectivity index (χ1n) is 6.11. The van der Waals surface area contributed by atoms with E-state index >= 15 is 0 Å². The zero-order valence-corrected chi connectivity index (χ0v) is 12.5. The maximum atomic E-state index is 3.72. The zero-order chi connectivity index (χ0) is 11.6. The molecule has 1 N–H and O–H groups in total. The van der Waals surface area contributed by atoms with Crippen LogP contribution in [-0.2, 0) is 6.42 Å². The predicted octanol–water partition coefficient (Wildman–Crippen LogP) is 4.22. The van der Waals surface area contributed by atoms with E-state index < -0.39 is 0 Å². The van der Waals surface area contributed by atoms with E-state index in [2.05, 4.69) is 46.5 Å². The summed E-state index contributed by atoms with van der Waals surface area (Å²) in [6.45, 7) is 5.80. The minimum Gasteiger partial charge on any atom is -0.313 e. The van der Waals surface area contributed by atoms with Gasteiger partial charge in [0.15, 0.2) is 0 Å². The molecule has 16 heavy (non-hydrogen) atoms. The Kier molecular flexibility index (Phi) is 4.09. The first-order valence-corrected chi connectivity index (χ1v) is 7.78. The van der Waals surface area contributed by atoms with Gasteiger partial charge >= 0.3 is 0 Å². The molecule has 1 saturated carbocycles. The third kappa shape index (κ3) is 2.88. The van der Waals surface area contributed by atoms with Gasteiger partial charge in [-0.25, -0.2) is 0 Å². The molecule has 1 aliphatic carbocycles. The second-order valence-corrected chi connectivity index (χ2v) is 6.91. The van der Waals surface area contributed by atoms with E-state index in [1.54, 1.807) is 0 Å². The Labute approximate surface area is 111 Å². The average molecular weight is 302 g/mol. The fourth-order valence-electron chi connectivity index (χ4n) is 2.09. The Balaban J connectivity index is 2.00. The summed E-state index contributed by atoms with van der Waals surface area (Å²) in [5, 5.41) is 5.90. The van der Waals surface area contributed by atoms with Crippen LogP contribution in [0.25, 0.3) is 0 Å². The SMILES string of the molecule is CCCNC(Cc1sccc1Br)C1(C)CC1. The third-order valence-electron chi connectivity index (χ3n) is 3.60. The maximum absolute atomic E-state index is 3.72. The van der Waals surface area contributed by atoms with Crippen LogP contribution in [0.3, 0.4) is 0 Å². The lowest BCUT2D eigenvalue weighted by Crippen LogP contribution is -2.38. The van der Waals surface area contributed by atoms with Gasteiger partial charge in [0.25, 0.3) is 0 Å². The first-order chi connectivity index (χ1) is 7.65. The number of thiophene rings is 1. The summed E-state index contributed by atoms with van der Waals surface area (Å²) in [5.74, 6) is 0. The fraction of sp³-hybridized carbons (Fsp3) is 0.692. The lowest BCUT2D eigenvalue weighted by Gasteiger charge is -2.24.